The van der Waals surface area contributed by atoms with Gasteiger partial charge in [0.25, 0.3) is 0 Å². The van der Waals surface area contributed by atoms with Crippen LogP contribution in [0.5, 0.6) is 11.5 Å². The number of nitrogens with zero attached hydrogens (tertiary/aromatic N) is 2. The van der Waals surface area contributed by atoms with Crippen molar-refractivity contribution in [2.45, 2.75) is 33.5 Å². The van der Waals surface area contributed by atoms with E-state index in [0.29, 0.717) is 25.4 Å². The Balaban J connectivity index is 1.99. The number of aromatic nitrogens is 2. The van der Waals surface area contributed by atoms with Crippen LogP contribution < -0.4 is 10.1 Å². The third-order valence-electron chi connectivity index (χ3n) is 3.72. The number of rotatable bonds is 7. The van der Waals surface area contributed by atoms with Crippen LogP contribution in [-0.2, 0) is 19.6 Å². The van der Waals surface area contributed by atoms with Gasteiger partial charge in [-0.3, -0.25) is 4.68 Å². The topological polar surface area (TPSA) is 79.5 Å². The van der Waals surface area contributed by atoms with Gasteiger partial charge < -0.3 is 20.3 Å². The highest BCUT2D eigenvalue weighted by Gasteiger charge is 2.11. The molecule has 0 saturated carbocycles. The van der Waals surface area contributed by atoms with Gasteiger partial charge in [0, 0.05) is 24.3 Å². The Morgan fingerprint density at radius 2 is 2.05 bits per heavy atom. The second kappa shape index (κ2) is 7.29. The Morgan fingerprint density at radius 3 is 2.73 bits per heavy atom. The summed E-state index contributed by atoms with van der Waals surface area (Å²) in [4.78, 5) is 0. The number of hydrogen-bond acceptors (Lipinski definition) is 5. The number of hydrogen-bond donors (Lipinski definition) is 3. The maximum Gasteiger partial charge on any atom is 0.160 e. The molecule has 6 heteroatoms. The normalized spacial score (nSPS) is 10.9. The van der Waals surface area contributed by atoms with Gasteiger partial charge in [0.15, 0.2) is 11.5 Å². The number of phenols is 1. The average Bonchev–Trinajstić information content (AvgIpc) is 2.76. The van der Waals surface area contributed by atoms with E-state index in [4.69, 9.17) is 9.84 Å². The van der Waals surface area contributed by atoms with Gasteiger partial charge in [-0.1, -0.05) is 6.07 Å². The Hall–Kier alpha value is -2.05. The van der Waals surface area contributed by atoms with Crippen molar-refractivity contribution in [2.24, 2.45) is 0 Å². The van der Waals surface area contributed by atoms with Gasteiger partial charge in [0.2, 0.25) is 0 Å². The number of phenolic OH excluding ortho intramolecular Hbond substituents is 1. The predicted octanol–water partition coefficient (Wildman–Crippen LogP) is 1.50. The van der Waals surface area contributed by atoms with Gasteiger partial charge in [-0.15, -0.1) is 0 Å². The molecule has 0 amide bonds. The zero-order chi connectivity index (χ0) is 16.1. The summed E-state index contributed by atoms with van der Waals surface area (Å²) in [5.41, 5.74) is 4.23. The van der Waals surface area contributed by atoms with Gasteiger partial charge in [-0.25, -0.2) is 0 Å². The predicted molar refractivity (Wildman–Crippen MR) is 84.0 cm³/mol. The smallest absolute Gasteiger partial charge is 0.160 e. The minimum absolute atomic E-state index is 0.0854. The highest BCUT2D eigenvalue weighted by molar-refractivity contribution is 5.41. The molecule has 1 aromatic heterocycles. The molecule has 0 unspecified atom stereocenters. The summed E-state index contributed by atoms with van der Waals surface area (Å²) in [5.74, 6) is 0.616. The van der Waals surface area contributed by atoms with E-state index in [-0.39, 0.29) is 12.4 Å². The molecular formula is C16H23N3O3. The first kappa shape index (κ1) is 16.3. The number of aromatic hydroxyl groups is 1. The lowest BCUT2D eigenvalue weighted by atomic mass is 10.1. The van der Waals surface area contributed by atoms with Crippen molar-refractivity contribution in [2.75, 3.05) is 13.7 Å². The first-order chi connectivity index (χ1) is 10.6. The van der Waals surface area contributed by atoms with E-state index in [9.17, 15) is 5.11 Å². The molecule has 0 aliphatic carbocycles. The molecule has 0 saturated heterocycles. The van der Waals surface area contributed by atoms with E-state index in [1.54, 1.807) is 6.07 Å². The summed E-state index contributed by atoms with van der Waals surface area (Å²) in [5, 5.41) is 26.4. The molecule has 2 rings (SSSR count). The van der Waals surface area contributed by atoms with Crippen molar-refractivity contribution in [1.82, 2.24) is 15.1 Å². The molecule has 2 aromatic rings. The lowest BCUT2D eigenvalue weighted by Gasteiger charge is -2.09. The maximum atomic E-state index is 9.59. The van der Waals surface area contributed by atoms with E-state index in [1.165, 1.54) is 7.11 Å². The first-order valence-corrected chi connectivity index (χ1v) is 7.27. The van der Waals surface area contributed by atoms with Crippen LogP contribution in [0.4, 0.5) is 0 Å². The number of aliphatic hydroxyl groups is 1. The molecule has 0 atom stereocenters. The molecule has 3 N–H and O–H groups in total. The number of methoxy groups -OCH3 is 1. The summed E-state index contributed by atoms with van der Waals surface area (Å²) < 4.78 is 6.93. The van der Waals surface area contributed by atoms with Crippen LogP contribution in [0.25, 0.3) is 0 Å². The summed E-state index contributed by atoms with van der Waals surface area (Å²) in [7, 11) is 1.54. The third kappa shape index (κ3) is 3.58. The van der Waals surface area contributed by atoms with E-state index in [1.807, 2.05) is 30.7 Å². The summed E-state index contributed by atoms with van der Waals surface area (Å²) >= 11 is 0. The summed E-state index contributed by atoms with van der Waals surface area (Å²) in [6.07, 6.45) is 0. The van der Waals surface area contributed by atoms with Gasteiger partial charge in [-0.05, 0) is 31.5 Å². The summed E-state index contributed by atoms with van der Waals surface area (Å²) in [6, 6.07) is 5.31. The fraction of sp³-hybridized carbons (Fsp3) is 0.438. The zero-order valence-corrected chi connectivity index (χ0v) is 13.3. The lowest BCUT2D eigenvalue weighted by molar-refractivity contribution is 0.267. The number of aryl methyl sites for hydroxylation is 1. The number of aliphatic hydroxyl groups excluding tert-OH is 1. The largest absolute Gasteiger partial charge is 0.504 e. The standard InChI is InChI=1S/C16H23N3O3/c1-11-14(12(2)19(18-11)6-7-20)10-17-9-13-4-5-15(21)16(8-13)22-3/h4-5,8,17,20-21H,6-7,9-10H2,1-3H3. The molecule has 0 fully saturated rings. The van der Waals surface area contributed by atoms with E-state index < -0.39 is 0 Å². The quantitative estimate of drug-likeness (QED) is 0.722. The molecule has 0 radical (unpaired) electrons. The fourth-order valence-corrected chi connectivity index (χ4v) is 2.47. The molecule has 0 aliphatic rings. The first-order valence-electron chi connectivity index (χ1n) is 7.27. The van der Waals surface area contributed by atoms with Crippen LogP contribution in [0.3, 0.4) is 0 Å². The number of ether oxygens (including phenoxy) is 1. The minimum atomic E-state index is 0.0854. The minimum Gasteiger partial charge on any atom is -0.504 e. The Labute approximate surface area is 130 Å². The molecule has 0 bridgehead atoms. The molecule has 1 heterocycles. The second-order valence-electron chi connectivity index (χ2n) is 5.21. The number of nitrogens with one attached hydrogen (secondary N) is 1. The highest BCUT2D eigenvalue weighted by Crippen LogP contribution is 2.26. The van der Waals surface area contributed by atoms with E-state index in [2.05, 4.69) is 10.4 Å². The monoisotopic (exact) mass is 305 g/mol. The van der Waals surface area contributed by atoms with E-state index >= 15 is 0 Å². The fourth-order valence-electron chi connectivity index (χ4n) is 2.47. The Morgan fingerprint density at radius 1 is 1.27 bits per heavy atom. The number of benzene rings is 1. The van der Waals surface area contributed by atoms with Gasteiger partial charge in [0.1, 0.15) is 0 Å². The van der Waals surface area contributed by atoms with Crippen LogP contribution >= 0.6 is 0 Å². The Bertz CT molecular complexity index is 638. The van der Waals surface area contributed by atoms with Gasteiger partial charge in [-0.2, -0.15) is 5.10 Å². The second-order valence-corrected chi connectivity index (χ2v) is 5.21. The molecule has 6 nitrogen and oxygen atoms in total. The molecule has 22 heavy (non-hydrogen) atoms. The zero-order valence-electron chi connectivity index (χ0n) is 13.3. The van der Waals surface area contributed by atoms with Crippen molar-refractivity contribution in [3.8, 4) is 11.5 Å². The van der Waals surface area contributed by atoms with Crippen molar-refractivity contribution >= 4 is 0 Å². The SMILES string of the molecule is COc1cc(CNCc2c(C)nn(CCO)c2C)ccc1O. The third-order valence-corrected chi connectivity index (χ3v) is 3.72. The molecule has 1 aromatic carbocycles. The van der Waals surface area contributed by atoms with Crippen LogP contribution in [0, 0.1) is 13.8 Å². The van der Waals surface area contributed by atoms with Crippen molar-refractivity contribution in [1.29, 1.82) is 0 Å². The van der Waals surface area contributed by atoms with Gasteiger partial charge >= 0.3 is 0 Å². The van der Waals surface area contributed by atoms with Crippen LogP contribution in [0.15, 0.2) is 18.2 Å². The highest BCUT2D eigenvalue weighted by atomic mass is 16.5. The van der Waals surface area contributed by atoms with Crippen LogP contribution in [0.2, 0.25) is 0 Å². The summed E-state index contributed by atoms with van der Waals surface area (Å²) in [6.45, 7) is 5.95. The van der Waals surface area contributed by atoms with E-state index in [0.717, 1.165) is 22.5 Å². The average molecular weight is 305 g/mol. The molecule has 120 valence electrons. The van der Waals surface area contributed by atoms with Crippen molar-refractivity contribution in [3.05, 3.63) is 40.7 Å². The van der Waals surface area contributed by atoms with Gasteiger partial charge in [0.05, 0.1) is 26.0 Å². The lowest BCUT2D eigenvalue weighted by Crippen LogP contribution is -2.14. The van der Waals surface area contributed by atoms with Crippen molar-refractivity contribution < 1.29 is 14.9 Å². The Kier molecular flexibility index (Phi) is 5.41. The molecule has 0 aliphatic heterocycles. The van der Waals surface area contributed by atoms with Crippen LogP contribution in [0.1, 0.15) is 22.5 Å². The van der Waals surface area contributed by atoms with Crippen LogP contribution in [-0.4, -0.2) is 33.7 Å². The van der Waals surface area contributed by atoms with Crippen molar-refractivity contribution in [3.63, 3.8) is 0 Å². The maximum absolute atomic E-state index is 9.59. The molecular weight excluding hydrogens is 282 g/mol. The molecule has 0 spiro atoms.